The average Bonchev–Trinajstić information content (AvgIpc) is 2.27. The third kappa shape index (κ3) is 3.98. The van der Waals surface area contributed by atoms with E-state index >= 15 is 0 Å². The minimum Gasteiger partial charge on any atom is -0.328 e. The number of likely N-dealkylation sites (tertiary alicyclic amines) is 1. The van der Waals surface area contributed by atoms with E-state index in [9.17, 15) is 19.2 Å². The van der Waals surface area contributed by atoms with Crippen LogP contribution in [0, 0.1) is 11.8 Å². The number of hydrogen-bond acceptors (Lipinski definition) is 4. The number of Topliss-reactive ketones (excluding diaryl/α,β-unsaturated/α-hetero) is 3. The first-order valence-electron chi connectivity index (χ1n) is 6.72. The number of nitrogens with zero attached hydrogens (tertiary/aromatic N) is 1. The molecule has 0 saturated carbocycles. The van der Waals surface area contributed by atoms with E-state index in [4.69, 9.17) is 0 Å². The van der Waals surface area contributed by atoms with Crippen molar-refractivity contribution in [3.05, 3.63) is 0 Å². The van der Waals surface area contributed by atoms with Gasteiger partial charge in [-0.15, -0.1) is 0 Å². The van der Waals surface area contributed by atoms with Gasteiger partial charge in [-0.2, -0.15) is 0 Å². The minimum absolute atomic E-state index is 0.114. The lowest BCUT2D eigenvalue weighted by Gasteiger charge is -2.29. The number of hydrogen-bond donors (Lipinski definition) is 0. The molecule has 1 aliphatic heterocycles. The Hall–Kier alpha value is -1.52. The van der Waals surface area contributed by atoms with Gasteiger partial charge in [0.15, 0.2) is 17.3 Å². The second-order valence-corrected chi connectivity index (χ2v) is 5.43. The van der Waals surface area contributed by atoms with E-state index in [0.717, 1.165) is 0 Å². The Bertz CT molecular complexity index is 382. The van der Waals surface area contributed by atoms with E-state index in [1.165, 1.54) is 4.90 Å². The Morgan fingerprint density at radius 2 is 1.74 bits per heavy atom. The monoisotopic (exact) mass is 267 g/mol. The second kappa shape index (κ2) is 6.59. The number of rotatable bonds is 5. The number of ketones is 3. The van der Waals surface area contributed by atoms with Crippen LogP contribution in [0.1, 0.15) is 40.0 Å². The molecule has 5 heteroatoms. The summed E-state index contributed by atoms with van der Waals surface area (Å²) in [5.74, 6) is -2.34. The van der Waals surface area contributed by atoms with Crippen LogP contribution >= 0.6 is 0 Å². The van der Waals surface area contributed by atoms with Crippen LogP contribution in [0.3, 0.4) is 0 Å². The SMILES string of the molecule is CCCC(=O)C1C(=O)CN(C(=O)CC(C)C)CC1=O. The maximum atomic E-state index is 11.9. The van der Waals surface area contributed by atoms with E-state index in [1.807, 2.05) is 20.8 Å². The van der Waals surface area contributed by atoms with E-state index in [1.54, 1.807) is 0 Å². The molecule has 0 radical (unpaired) electrons. The fraction of sp³-hybridized carbons (Fsp3) is 0.714. The van der Waals surface area contributed by atoms with Crippen LogP contribution in [0.15, 0.2) is 0 Å². The van der Waals surface area contributed by atoms with Crippen LogP contribution in [0.2, 0.25) is 0 Å². The third-order valence-corrected chi connectivity index (χ3v) is 3.09. The van der Waals surface area contributed by atoms with Gasteiger partial charge in [0.05, 0.1) is 13.1 Å². The Morgan fingerprint density at radius 3 is 2.16 bits per heavy atom. The van der Waals surface area contributed by atoms with Crippen molar-refractivity contribution in [3.63, 3.8) is 0 Å². The molecule has 1 rings (SSSR count). The maximum absolute atomic E-state index is 11.9. The lowest BCUT2D eigenvalue weighted by Crippen LogP contribution is -2.52. The Kier molecular flexibility index (Phi) is 5.39. The summed E-state index contributed by atoms with van der Waals surface area (Å²) in [5, 5.41) is 0. The van der Waals surface area contributed by atoms with Crippen LogP contribution in [0.25, 0.3) is 0 Å². The van der Waals surface area contributed by atoms with Gasteiger partial charge in [0.2, 0.25) is 5.91 Å². The molecule has 0 aromatic rings. The Labute approximate surface area is 113 Å². The summed E-state index contributed by atoms with van der Waals surface area (Å²) in [4.78, 5) is 48.6. The van der Waals surface area contributed by atoms with Crippen LogP contribution in [0.5, 0.6) is 0 Å². The summed E-state index contributed by atoms with van der Waals surface area (Å²) < 4.78 is 0. The normalized spacial score (nSPS) is 17.2. The molecule has 5 nitrogen and oxygen atoms in total. The quantitative estimate of drug-likeness (QED) is 0.697. The summed E-state index contributed by atoms with van der Waals surface area (Å²) in [6, 6.07) is 0. The molecule has 19 heavy (non-hydrogen) atoms. The van der Waals surface area contributed by atoms with Crippen molar-refractivity contribution in [3.8, 4) is 0 Å². The molecular formula is C14H21NO4. The minimum atomic E-state index is -1.14. The molecule has 0 N–H and O–H groups in total. The maximum Gasteiger partial charge on any atom is 0.223 e. The molecule has 106 valence electrons. The Balaban J connectivity index is 2.71. The fourth-order valence-corrected chi connectivity index (χ4v) is 2.20. The van der Waals surface area contributed by atoms with Gasteiger partial charge in [-0.1, -0.05) is 20.8 Å². The Morgan fingerprint density at radius 1 is 1.21 bits per heavy atom. The zero-order valence-corrected chi connectivity index (χ0v) is 11.8. The zero-order chi connectivity index (χ0) is 14.6. The van der Waals surface area contributed by atoms with Crippen LogP contribution < -0.4 is 0 Å². The first kappa shape index (κ1) is 15.5. The van der Waals surface area contributed by atoms with E-state index in [0.29, 0.717) is 12.8 Å². The molecule has 0 spiro atoms. The fourth-order valence-electron chi connectivity index (χ4n) is 2.20. The van der Waals surface area contributed by atoms with Gasteiger partial charge in [-0.3, -0.25) is 19.2 Å². The third-order valence-electron chi connectivity index (χ3n) is 3.09. The van der Waals surface area contributed by atoms with Crippen LogP contribution in [-0.4, -0.2) is 41.2 Å². The smallest absolute Gasteiger partial charge is 0.223 e. The van der Waals surface area contributed by atoms with E-state index < -0.39 is 17.5 Å². The van der Waals surface area contributed by atoms with Crippen molar-refractivity contribution in [2.45, 2.75) is 40.0 Å². The van der Waals surface area contributed by atoms with Gasteiger partial charge in [0.25, 0.3) is 0 Å². The zero-order valence-electron chi connectivity index (χ0n) is 11.8. The highest BCUT2D eigenvalue weighted by Gasteiger charge is 2.39. The average molecular weight is 267 g/mol. The first-order valence-corrected chi connectivity index (χ1v) is 6.72. The standard InChI is InChI=1S/C14H21NO4/c1-4-5-10(16)14-11(17)7-15(8-12(14)18)13(19)6-9(2)3/h9,14H,4-8H2,1-3H3. The van der Waals surface area contributed by atoms with Crippen molar-refractivity contribution >= 4 is 23.3 Å². The van der Waals surface area contributed by atoms with E-state index in [-0.39, 0.29) is 37.1 Å². The summed E-state index contributed by atoms with van der Waals surface area (Å²) >= 11 is 0. The van der Waals surface area contributed by atoms with Crippen LogP contribution in [0.4, 0.5) is 0 Å². The number of amides is 1. The van der Waals surface area contributed by atoms with Gasteiger partial charge in [0, 0.05) is 12.8 Å². The summed E-state index contributed by atoms with van der Waals surface area (Å²) in [5.41, 5.74) is 0. The second-order valence-electron chi connectivity index (χ2n) is 5.43. The molecule has 0 bridgehead atoms. The lowest BCUT2D eigenvalue weighted by atomic mass is 9.88. The van der Waals surface area contributed by atoms with Crippen molar-refractivity contribution in [2.24, 2.45) is 11.8 Å². The summed E-state index contributed by atoms with van der Waals surface area (Å²) in [6.07, 6.45) is 1.17. The van der Waals surface area contributed by atoms with Gasteiger partial charge in [-0.25, -0.2) is 0 Å². The van der Waals surface area contributed by atoms with Crippen molar-refractivity contribution in [1.29, 1.82) is 0 Å². The molecule has 0 aliphatic carbocycles. The molecular weight excluding hydrogens is 246 g/mol. The number of carbonyl (C=O) groups excluding carboxylic acids is 4. The highest BCUT2D eigenvalue weighted by Crippen LogP contribution is 2.16. The topological polar surface area (TPSA) is 71.5 Å². The van der Waals surface area contributed by atoms with Gasteiger partial charge < -0.3 is 4.90 Å². The predicted octanol–water partition coefficient (Wildman–Crippen LogP) is 0.998. The van der Waals surface area contributed by atoms with Gasteiger partial charge in [-0.05, 0) is 12.3 Å². The predicted molar refractivity (Wildman–Crippen MR) is 69.5 cm³/mol. The van der Waals surface area contributed by atoms with Gasteiger partial charge >= 0.3 is 0 Å². The summed E-state index contributed by atoms with van der Waals surface area (Å²) in [7, 11) is 0. The number of piperidine rings is 1. The molecule has 1 amide bonds. The van der Waals surface area contributed by atoms with Crippen LogP contribution in [-0.2, 0) is 19.2 Å². The first-order chi connectivity index (χ1) is 8.86. The number of carbonyl (C=O) groups is 4. The molecule has 1 aliphatic rings. The largest absolute Gasteiger partial charge is 0.328 e. The molecule has 1 heterocycles. The van der Waals surface area contributed by atoms with Gasteiger partial charge in [0.1, 0.15) is 5.92 Å². The van der Waals surface area contributed by atoms with Crippen molar-refractivity contribution < 1.29 is 19.2 Å². The molecule has 0 aromatic carbocycles. The molecule has 1 fully saturated rings. The molecule has 1 saturated heterocycles. The molecule has 0 unspecified atom stereocenters. The molecule has 0 aromatic heterocycles. The highest BCUT2D eigenvalue weighted by molar-refractivity contribution is 6.22. The van der Waals surface area contributed by atoms with E-state index in [2.05, 4.69) is 0 Å². The highest BCUT2D eigenvalue weighted by atomic mass is 16.2. The summed E-state index contributed by atoms with van der Waals surface area (Å²) in [6.45, 7) is 5.40. The van der Waals surface area contributed by atoms with Crippen molar-refractivity contribution in [1.82, 2.24) is 4.90 Å². The lowest BCUT2D eigenvalue weighted by molar-refractivity contribution is -0.150. The van der Waals surface area contributed by atoms with Crippen molar-refractivity contribution in [2.75, 3.05) is 13.1 Å². The molecule has 0 atom stereocenters.